The quantitative estimate of drug-likeness (QED) is 0.288. The SMILES string of the molecule is CC(Sc1nc2cc(C(F)(F)F)ccc2n1Cc1ccccc1)C(=O)NCCC1=CCCCC1. The Kier molecular flexibility index (Phi) is 7.66. The normalized spacial score (nSPS) is 15.2. The smallest absolute Gasteiger partial charge is 0.355 e. The summed E-state index contributed by atoms with van der Waals surface area (Å²) in [5.74, 6) is -0.101. The molecule has 4 nitrogen and oxygen atoms in total. The molecular formula is C26H28F3N3OS. The topological polar surface area (TPSA) is 46.9 Å². The fourth-order valence-electron chi connectivity index (χ4n) is 4.13. The molecule has 0 saturated carbocycles. The number of aromatic nitrogens is 2. The zero-order valence-electron chi connectivity index (χ0n) is 19.1. The first-order chi connectivity index (χ1) is 16.3. The van der Waals surface area contributed by atoms with Crippen LogP contribution in [0.4, 0.5) is 13.2 Å². The zero-order valence-corrected chi connectivity index (χ0v) is 19.9. The number of nitrogens with zero attached hydrogens (tertiary/aromatic N) is 2. The van der Waals surface area contributed by atoms with E-state index in [9.17, 15) is 18.0 Å². The van der Waals surface area contributed by atoms with Crippen LogP contribution in [0.3, 0.4) is 0 Å². The van der Waals surface area contributed by atoms with Crippen LogP contribution in [-0.4, -0.2) is 27.3 Å². The van der Waals surface area contributed by atoms with Gasteiger partial charge < -0.3 is 9.88 Å². The second-order valence-corrected chi connectivity index (χ2v) is 9.88. The summed E-state index contributed by atoms with van der Waals surface area (Å²) in [4.78, 5) is 17.2. The van der Waals surface area contributed by atoms with Gasteiger partial charge in [0, 0.05) is 6.54 Å². The minimum absolute atomic E-state index is 0.101. The summed E-state index contributed by atoms with van der Waals surface area (Å²) < 4.78 is 41.6. The fraction of sp³-hybridized carbons (Fsp3) is 0.385. The van der Waals surface area contributed by atoms with E-state index in [1.807, 2.05) is 34.9 Å². The molecule has 1 amide bonds. The Labute approximate surface area is 201 Å². The van der Waals surface area contributed by atoms with E-state index in [0.717, 1.165) is 37.0 Å². The number of hydrogen-bond acceptors (Lipinski definition) is 3. The van der Waals surface area contributed by atoms with Crippen molar-refractivity contribution in [1.29, 1.82) is 0 Å². The lowest BCUT2D eigenvalue weighted by atomic mass is 9.97. The number of halogens is 3. The Bertz CT molecular complexity index is 1170. The van der Waals surface area contributed by atoms with Gasteiger partial charge in [0.25, 0.3) is 0 Å². The number of benzene rings is 2. The molecule has 0 aliphatic heterocycles. The summed E-state index contributed by atoms with van der Waals surface area (Å²) in [5, 5.41) is 3.08. The Hall–Kier alpha value is -2.74. The lowest BCUT2D eigenvalue weighted by molar-refractivity contribution is -0.137. The molecule has 3 aromatic rings. The van der Waals surface area contributed by atoms with Crippen LogP contribution < -0.4 is 5.32 Å². The van der Waals surface area contributed by atoms with E-state index >= 15 is 0 Å². The van der Waals surface area contributed by atoms with Crippen LogP contribution in [0, 0.1) is 0 Å². The number of allylic oxidation sites excluding steroid dienone is 1. The molecule has 1 unspecified atom stereocenters. The number of fused-ring (bicyclic) bond motifs is 1. The fourth-order valence-corrected chi connectivity index (χ4v) is 5.07. The third-order valence-electron chi connectivity index (χ3n) is 6.01. The molecule has 0 spiro atoms. The van der Waals surface area contributed by atoms with Gasteiger partial charge in [0.2, 0.25) is 5.91 Å². The van der Waals surface area contributed by atoms with E-state index in [1.54, 1.807) is 6.92 Å². The molecule has 180 valence electrons. The molecule has 34 heavy (non-hydrogen) atoms. The Morgan fingerprint density at radius 3 is 2.68 bits per heavy atom. The average molecular weight is 488 g/mol. The van der Waals surface area contributed by atoms with Crippen LogP contribution in [0.15, 0.2) is 65.3 Å². The van der Waals surface area contributed by atoms with Crippen LogP contribution in [0.5, 0.6) is 0 Å². The number of amides is 1. The van der Waals surface area contributed by atoms with Crippen LogP contribution in [0.1, 0.15) is 50.2 Å². The highest BCUT2D eigenvalue weighted by Crippen LogP contribution is 2.34. The van der Waals surface area contributed by atoms with Crippen molar-refractivity contribution in [2.75, 3.05) is 6.54 Å². The highest BCUT2D eigenvalue weighted by atomic mass is 32.2. The molecule has 1 aromatic heterocycles. The van der Waals surface area contributed by atoms with Gasteiger partial charge in [0.05, 0.1) is 28.4 Å². The predicted octanol–water partition coefficient (Wildman–Crippen LogP) is 6.59. The maximum atomic E-state index is 13.2. The first kappa shape index (κ1) is 24.4. The monoisotopic (exact) mass is 487 g/mol. The molecule has 4 rings (SSSR count). The van der Waals surface area contributed by atoms with E-state index in [4.69, 9.17) is 0 Å². The van der Waals surface area contributed by atoms with Crippen molar-refractivity contribution in [3.63, 3.8) is 0 Å². The second kappa shape index (κ2) is 10.7. The van der Waals surface area contributed by atoms with Crippen LogP contribution in [0.25, 0.3) is 11.0 Å². The molecule has 1 atom stereocenters. The van der Waals surface area contributed by atoms with E-state index in [0.29, 0.717) is 23.8 Å². The number of alkyl halides is 3. The molecule has 0 bridgehead atoms. The summed E-state index contributed by atoms with van der Waals surface area (Å²) in [6.45, 7) is 2.84. The van der Waals surface area contributed by atoms with Gasteiger partial charge in [0.15, 0.2) is 5.16 Å². The molecule has 8 heteroatoms. The van der Waals surface area contributed by atoms with Gasteiger partial charge in [-0.25, -0.2) is 4.98 Å². The zero-order chi connectivity index (χ0) is 24.1. The van der Waals surface area contributed by atoms with E-state index in [-0.39, 0.29) is 11.4 Å². The molecule has 1 aliphatic rings. The van der Waals surface area contributed by atoms with Crippen molar-refractivity contribution in [3.05, 3.63) is 71.3 Å². The summed E-state index contributed by atoms with van der Waals surface area (Å²) in [6, 6.07) is 13.3. The van der Waals surface area contributed by atoms with E-state index < -0.39 is 17.0 Å². The summed E-state index contributed by atoms with van der Waals surface area (Å²) in [7, 11) is 0. The molecule has 1 N–H and O–H groups in total. The van der Waals surface area contributed by atoms with Gasteiger partial charge >= 0.3 is 6.18 Å². The van der Waals surface area contributed by atoms with Crippen molar-refractivity contribution in [1.82, 2.24) is 14.9 Å². The van der Waals surface area contributed by atoms with Gasteiger partial charge in [-0.05, 0) is 62.8 Å². The highest BCUT2D eigenvalue weighted by molar-refractivity contribution is 8.00. The molecular weight excluding hydrogens is 459 g/mol. The first-order valence-electron chi connectivity index (χ1n) is 11.5. The molecule has 1 aliphatic carbocycles. The minimum atomic E-state index is -4.44. The number of carbonyl (C=O) groups excluding carboxylic acids is 1. The lowest BCUT2D eigenvalue weighted by Gasteiger charge is -2.15. The average Bonchev–Trinajstić information content (AvgIpc) is 3.16. The van der Waals surface area contributed by atoms with Gasteiger partial charge in [-0.3, -0.25) is 4.79 Å². The van der Waals surface area contributed by atoms with Crippen molar-refractivity contribution >= 4 is 28.7 Å². The largest absolute Gasteiger partial charge is 0.416 e. The number of carbonyl (C=O) groups is 1. The third kappa shape index (κ3) is 6.03. The summed E-state index contributed by atoms with van der Waals surface area (Å²) >= 11 is 1.27. The molecule has 2 aromatic carbocycles. The lowest BCUT2D eigenvalue weighted by Crippen LogP contribution is -2.32. The van der Waals surface area contributed by atoms with Crippen LogP contribution >= 0.6 is 11.8 Å². The number of nitrogens with one attached hydrogen (secondary N) is 1. The maximum Gasteiger partial charge on any atom is 0.416 e. The van der Waals surface area contributed by atoms with Crippen molar-refractivity contribution in [2.45, 2.75) is 62.2 Å². The summed E-state index contributed by atoms with van der Waals surface area (Å²) in [6.07, 6.45) is 3.35. The third-order valence-corrected chi connectivity index (χ3v) is 7.10. The predicted molar refractivity (Wildman–Crippen MR) is 130 cm³/mol. The van der Waals surface area contributed by atoms with Gasteiger partial charge in [-0.1, -0.05) is 53.7 Å². The van der Waals surface area contributed by atoms with E-state index in [2.05, 4.69) is 16.4 Å². The highest BCUT2D eigenvalue weighted by Gasteiger charge is 2.31. The number of hydrogen-bond donors (Lipinski definition) is 1. The maximum absolute atomic E-state index is 13.2. The number of rotatable bonds is 8. The molecule has 1 heterocycles. The molecule has 0 fully saturated rings. The Morgan fingerprint density at radius 2 is 1.97 bits per heavy atom. The van der Waals surface area contributed by atoms with Crippen LogP contribution in [0.2, 0.25) is 0 Å². The van der Waals surface area contributed by atoms with Crippen molar-refractivity contribution in [3.8, 4) is 0 Å². The van der Waals surface area contributed by atoms with Gasteiger partial charge in [-0.2, -0.15) is 13.2 Å². The van der Waals surface area contributed by atoms with Gasteiger partial charge in [-0.15, -0.1) is 0 Å². The summed E-state index contributed by atoms with van der Waals surface area (Å²) in [5.41, 5.74) is 2.54. The van der Waals surface area contributed by atoms with Crippen molar-refractivity contribution < 1.29 is 18.0 Å². The second-order valence-electron chi connectivity index (χ2n) is 8.58. The Balaban J connectivity index is 1.52. The van der Waals surface area contributed by atoms with E-state index in [1.165, 1.54) is 36.2 Å². The number of imidazole rings is 1. The molecule has 0 saturated heterocycles. The number of thioether (sulfide) groups is 1. The van der Waals surface area contributed by atoms with Crippen LogP contribution in [-0.2, 0) is 17.5 Å². The Morgan fingerprint density at radius 1 is 1.18 bits per heavy atom. The molecule has 0 radical (unpaired) electrons. The van der Waals surface area contributed by atoms with Crippen molar-refractivity contribution in [2.24, 2.45) is 0 Å². The standard InChI is InChI=1S/C26H28F3N3OS/c1-18(24(33)30-15-14-19-8-4-2-5-9-19)34-25-31-22-16-21(26(27,28)29)12-13-23(22)32(25)17-20-10-6-3-7-11-20/h3,6-8,10-13,16,18H,2,4-5,9,14-15,17H2,1H3,(H,30,33). The minimum Gasteiger partial charge on any atom is -0.355 e. The first-order valence-corrected chi connectivity index (χ1v) is 12.4. The van der Waals surface area contributed by atoms with Gasteiger partial charge in [0.1, 0.15) is 0 Å².